The normalized spacial score (nSPS) is 6.00. The number of thiol groups is 1. The fourth-order valence-electron chi connectivity index (χ4n) is 0. The molecule has 0 aromatic rings. The zero-order valence-electron chi connectivity index (χ0n) is 3.33. The van der Waals surface area contributed by atoms with Crippen LogP contribution in [0.25, 0.3) is 0 Å². The van der Waals surface area contributed by atoms with Crippen molar-refractivity contribution in [1.29, 1.82) is 0 Å². The Morgan fingerprint density at radius 3 is 1.67 bits per heavy atom. The highest BCUT2D eigenvalue weighted by Gasteiger charge is 1.57. The van der Waals surface area contributed by atoms with E-state index in [1.54, 1.807) is 0 Å². The van der Waals surface area contributed by atoms with E-state index in [-0.39, 0.29) is 6.61 Å². The molecule has 0 aliphatic heterocycles. The Morgan fingerprint density at radius 2 is 1.67 bits per heavy atom. The minimum Gasteiger partial charge on any atom is -0.396 e. The summed E-state index contributed by atoms with van der Waals surface area (Å²) in [6.45, 7) is 0.184. The zero-order valence-corrected chi connectivity index (χ0v) is 4.23. The van der Waals surface area contributed by atoms with Crippen LogP contribution in [-0.2, 0) is 0 Å². The van der Waals surface area contributed by atoms with E-state index in [1.807, 2.05) is 0 Å². The molecule has 0 amide bonds. The molecule has 0 bridgehead atoms. The molecule has 3 nitrogen and oxygen atoms in total. The van der Waals surface area contributed by atoms with Crippen LogP contribution in [0.2, 0.25) is 0 Å². The predicted octanol–water partition coefficient (Wildman–Crippen LogP) is -0.757. The van der Waals surface area contributed by atoms with Gasteiger partial charge in [0.1, 0.15) is 0 Å². The maximum absolute atomic E-state index is 7.80. The molecule has 4 heteroatoms. The Hall–Kier alpha value is 0.230. The van der Waals surface area contributed by atoms with E-state index in [9.17, 15) is 0 Å². The zero-order chi connectivity index (χ0) is 5.41. The van der Waals surface area contributed by atoms with Crippen LogP contribution >= 0.6 is 12.6 Å². The molecule has 0 aliphatic carbocycles. The van der Waals surface area contributed by atoms with Gasteiger partial charge in [0.25, 0.3) is 0 Å². The van der Waals surface area contributed by atoms with Crippen LogP contribution in [0, 0.1) is 0 Å². The Morgan fingerprint density at radius 1 is 1.50 bits per heavy atom. The third kappa shape index (κ3) is 29.2. The number of hydrogen-bond donors (Lipinski definition) is 4. The van der Waals surface area contributed by atoms with E-state index in [4.69, 9.17) is 10.3 Å². The summed E-state index contributed by atoms with van der Waals surface area (Å²) in [5.74, 6) is 4.07. The first kappa shape index (κ1) is 9.52. The van der Waals surface area contributed by atoms with Crippen molar-refractivity contribution in [2.75, 3.05) is 12.4 Å². The summed E-state index contributed by atoms with van der Waals surface area (Å²) in [5.41, 5.74) is 0. The molecule has 0 aliphatic rings. The smallest absolute Gasteiger partial charge is 0.0519 e. The summed E-state index contributed by atoms with van der Waals surface area (Å²) in [6.07, 6.45) is 0. The fourth-order valence-corrected chi connectivity index (χ4v) is 0. The van der Waals surface area contributed by atoms with Crippen LogP contribution in [0.5, 0.6) is 0 Å². The highest BCUT2D eigenvalue weighted by atomic mass is 32.1. The molecule has 0 saturated heterocycles. The Bertz CT molecular complexity index is 13.5. The molecule has 0 saturated carbocycles. The van der Waals surface area contributed by atoms with E-state index in [1.165, 1.54) is 0 Å². The molecule has 0 atom stereocenters. The highest BCUT2D eigenvalue weighted by Crippen LogP contribution is 1.61. The largest absolute Gasteiger partial charge is 0.396 e. The molecule has 0 unspecified atom stereocenters. The topological polar surface area (TPSA) is 66.5 Å². The summed E-state index contributed by atoms with van der Waals surface area (Å²) in [5, 5.41) is 14.3. The lowest BCUT2D eigenvalue weighted by Crippen LogP contribution is -1.76. The van der Waals surface area contributed by atoms with Crippen molar-refractivity contribution in [3.63, 3.8) is 0 Å². The molecular weight excluding hydrogens is 102 g/mol. The molecule has 6 heavy (non-hydrogen) atoms. The molecule has 40 valence electrons. The molecule has 0 heterocycles. The van der Waals surface area contributed by atoms with Gasteiger partial charge in [-0.3, -0.25) is 0 Å². The van der Waals surface area contributed by atoms with Crippen LogP contribution in [0.1, 0.15) is 0 Å². The molecule has 4 N–H and O–H groups in total. The van der Waals surface area contributed by atoms with E-state index in [2.05, 4.69) is 18.5 Å². The van der Waals surface area contributed by atoms with Gasteiger partial charge in [0, 0.05) is 5.75 Å². The number of aliphatic hydroxyl groups is 1. The summed E-state index contributed by atoms with van der Waals surface area (Å²) in [6, 6.07) is 0. The van der Waals surface area contributed by atoms with Crippen molar-refractivity contribution in [3.05, 3.63) is 0 Å². The summed E-state index contributed by atoms with van der Waals surface area (Å²) >= 11 is 3.67. The second-order valence-electron chi connectivity index (χ2n) is 0.447. The van der Waals surface area contributed by atoms with Crippen molar-refractivity contribution in [1.82, 2.24) is 0 Å². The lowest BCUT2D eigenvalue weighted by Gasteiger charge is -1.69. The number of rotatable bonds is 1. The number of nitrogens with two attached hydrogens (primary N) is 1. The van der Waals surface area contributed by atoms with Crippen LogP contribution in [0.4, 0.5) is 0 Å². The summed E-state index contributed by atoms with van der Waals surface area (Å²) in [7, 11) is 0. The van der Waals surface area contributed by atoms with E-state index < -0.39 is 0 Å². The Labute approximate surface area is 42.1 Å². The van der Waals surface area contributed by atoms with Crippen molar-refractivity contribution >= 4 is 12.6 Å². The monoisotopic (exact) mass is 111 g/mol. The van der Waals surface area contributed by atoms with Crippen molar-refractivity contribution in [3.8, 4) is 0 Å². The van der Waals surface area contributed by atoms with Crippen molar-refractivity contribution in [2.45, 2.75) is 0 Å². The van der Waals surface area contributed by atoms with Crippen LogP contribution < -0.4 is 5.90 Å². The van der Waals surface area contributed by atoms with Gasteiger partial charge in [-0.1, -0.05) is 0 Å². The Kier molecular flexibility index (Phi) is 29.9. The van der Waals surface area contributed by atoms with E-state index in [0.29, 0.717) is 5.75 Å². The van der Waals surface area contributed by atoms with Gasteiger partial charge in [-0.15, -0.1) is 0 Å². The average Bonchev–Trinajstić information content (AvgIpc) is 1.72. The molecule has 0 rings (SSSR count). The third-order valence-electron chi connectivity index (χ3n) is 0.1000. The molecule has 0 radical (unpaired) electrons. The first-order valence-corrected chi connectivity index (χ1v) is 2.02. The number of hydrogen-bond acceptors (Lipinski definition) is 4. The maximum atomic E-state index is 7.80. The SMILES string of the molecule is NO.OCCS. The number of aliphatic hydroxyl groups excluding tert-OH is 1. The maximum Gasteiger partial charge on any atom is 0.0519 e. The molecule has 0 aromatic heterocycles. The quantitative estimate of drug-likeness (QED) is 0.266. The molecular formula is C2H9NO2S. The van der Waals surface area contributed by atoms with Gasteiger partial charge in [-0.25, -0.2) is 5.90 Å². The third-order valence-corrected chi connectivity index (χ3v) is 0.300. The van der Waals surface area contributed by atoms with Gasteiger partial charge >= 0.3 is 0 Å². The van der Waals surface area contributed by atoms with Gasteiger partial charge in [-0.2, -0.15) is 12.6 Å². The van der Waals surface area contributed by atoms with Gasteiger partial charge in [0.15, 0.2) is 0 Å². The van der Waals surface area contributed by atoms with Crippen LogP contribution in [0.3, 0.4) is 0 Å². The van der Waals surface area contributed by atoms with Gasteiger partial charge in [-0.05, 0) is 0 Å². The minimum atomic E-state index is 0.184. The van der Waals surface area contributed by atoms with Crippen molar-refractivity contribution < 1.29 is 10.3 Å². The minimum absolute atomic E-state index is 0.184. The first-order chi connectivity index (χ1) is 2.91. The van der Waals surface area contributed by atoms with Gasteiger partial charge in [0.05, 0.1) is 6.61 Å². The average molecular weight is 111 g/mol. The second-order valence-corrected chi connectivity index (χ2v) is 0.894. The highest BCUT2D eigenvalue weighted by molar-refractivity contribution is 7.80. The van der Waals surface area contributed by atoms with E-state index in [0.717, 1.165) is 0 Å². The fraction of sp³-hybridized carbons (Fsp3) is 1.00. The lowest BCUT2D eigenvalue weighted by atomic mass is 10.9. The molecule has 0 spiro atoms. The van der Waals surface area contributed by atoms with Gasteiger partial charge < -0.3 is 10.3 Å². The van der Waals surface area contributed by atoms with E-state index >= 15 is 0 Å². The van der Waals surface area contributed by atoms with Crippen LogP contribution in [-0.4, -0.2) is 22.7 Å². The standard InChI is InChI=1S/C2H6OS.H3NO/c3-1-2-4;1-2/h3-4H,1-2H2;2H,1H2. The first-order valence-electron chi connectivity index (χ1n) is 1.39. The summed E-state index contributed by atoms with van der Waals surface area (Å²) in [4.78, 5) is 0. The Balaban J connectivity index is 0. The molecule has 0 fully saturated rings. The van der Waals surface area contributed by atoms with Crippen molar-refractivity contribution in [2.24, 2.45) is 5.90 Å². The second kappa shape index (κ2) is 18.8. The molecule has 0 aromatic carbocycles. The van der Waals surface area contributed by atoms with Gasteiger partial charge in [0.2, 0.25) is 0 Å². The summed E-state index contributed by atoms with van der Waals surface area (Å²) < 4.78 is 0. The lowest BCUT2D eigenvalue weighted by molar-refractivity contribution is 0.311. The van der Waals surface area contributed by atoms with Crippen LogP contribution in [0.15, 0.2) is 0 Å². The predicted molar refractivity (Wildman–Crippen MR) is 26.9 cm³/mol.